The standard InChI is InChI=1S/C13H28N2O/c1-5-13(4,7-9-16)14-12-6-8-15(10-12)11(2)3/h11-12,14,16H,5-10H2,1-4H3. The number of hydrogen-bond donors (Lipinski definition) is 2. The molecule has 0 amide bonds. The van der Waals surface area contributed by atoms with Crippen LogP contribution in [0.2, 0.25) is 0 Å². The Balaban J connectivity index is 2.42. The summed E-state index contributed by atoms with van der Waals surface area (Å²) < 4.78 is 0. The molecule has 1 aliphatic heterocycles. The van der Waals surface area contributed by atoms with Crippen LogP contribution in [-0.4, -0.2) is 47.3 Å². The molecule has 0 bridgehead atoms. The van der Waals surface area contributed by atoms with Crippen LogP contribution in [0.15, 0.2) is 0 Å². The summed E-state index contributed by atoms with van der Waals surface area (Å²) in [5, 5.41) is 12.8. The molecular formula is C13H28N2O. The number of likely N-dealkylation sites (tertiary alicyclic amines) is 1. The van der Waals surface area contributed by atoms with E-state index in [-0.39, 0.29) is 12.1 Å². The van der Waals surface area contributed by atoms with Gasteiger partial charge in [0.05, 0.1) is 0 Å². The van der Waals surface area contributed by atoms with Gasteiger partial charge in [-0.3, -0.25) is 4.90 Å². The van der Waals surface area contributed by atoms with Crippen LogP contribution in [0.25, 0.3) is 0 Å². The monoisotopic (exact) mass is 228 g/mol. The van der Waals surface area contributed by atoms with E-state index < -0.39 is 0 Å². The van der Waals surface area contributed by atoms with Crippen LogP contribution < -0.4 is 5.32 Å². The van der Waals surface area contributed by atoms with Crippen molar-refractivity contribution >= 4 is 0 Å². The molecule has 0 saturated carbocycles. The molecule has 1 rings (SSSR count). The minimum Gasteiger partial charge on any atom is -0.396 e. The lowest BCUT2D eigenvalue weighted by Gasteiger charge is -2.33. The van der Waals surface area contributed by atoms with E-state index in [4.69, 9.17) is 5.11 Å². The second-order valence-electron chi connectivity index (χ2n) is 5.61. The van der Waals surface area contributed by atoms with Crippen molar-refractivity contribution in [2.24, 2.45) is 0 Å². The highest BCUT2D eigenvalue weighted by molar-refractivity contribution is 4.90. The molecular weight excluding hydrogens is 200 g/mol. The topological polar surface area (TPSA) is 35.5 Å². The maximum atomic E-state index is 9.10. The average molecular weight is 228 g/mol. The van der Waals surface area contributed by atoms with Crippen molar-refractivity contribution in [3.05, 3.63) is 0 Å². The number of aliphatic hydroxyl groups is 1. The fourth-order valence-electron chi connectivity index (χ4n) is 2.46. The maximum absolute atomic E-state index is 9.10. The van der Waals surface area contributed by atoms with E-state index >= 15 is 0 Å². The normalized spacial score (nSPS) is 26.2. The highest BCUT2D eigenvalue weighted by atomic mass is 16.3. The minimum absolute atomic E-state index is 0.104. The van der Waals surface area contributed by atoms with Gasteiger partial charge >= 0.3 is 0 Å². The van der Waals surface area contributed by atoms with E-state index in [2.05, 4.69) is 37.9 Å². The SMILES string of the molecule is CCC(C)(CCO)NC1CCN(C(C)C)C1. The zero-order chi connectivity index (χ0) is 12.2. The number of rotatable bonds is 6. The average Bonchev–Trinajstić information content (AvgIpc) is 2.66. The smallest absolute Gasteiger partial charge is 0.0448 e. The Morgan fingerprint density at radius 3 is 2.62 bits per heavy atom. The zero-order valence-corrected chi connectivity index (χ0v) is 11.3. The molecule has 2 N–H and O–H groups in total. The summed E-state index contributed by atoms with van der Waals surface area (Å²) >= 11 is 0. The predicted octanol–water partition coefficient (Wildman–Crippen LogP) is 1.61. The molecule has 3 heteroatoms. The third-order valence-electron chi connectivity index (χ3n) is 3.95. The van der Waals surface area contributed by atoms with Crippen LogP contribution >= 0.6 is 0 Å². The molecule has 1 saturated heterocycles. The molecule has 0 aromatic rings. The van der Waals surface area contributed by atoms with Crippen LogP contribution in [0, 0.1) is 0 Å². The summed E-state index contributed by atoms with van der Waals surface area (Å²) in [6.45, 7) is 11.6. The lowest BCUT2D eigenvalue weighted by Crippen LogP contribution is -2.49. The summed E-state index contributed by atoms with van der Waals surface area (Å²) in [7, 11) is 0. The second-order valence-corrected chi connectivity index (χ2v) is 5.61. The van der Waals surface area contributed by atoms with Gasteiger partial charge < -0.3 is 10.4 Å². The Bertz CT molecular complexity index is 208. The van der Waals surface area contributed by atoms with Crippen molar-refractivity contribution in [1.29, 1.82) is 0 Å². The van der Waals surface area contributed by atoms with Crippen molar-refractivity contribution in [3.8, 4) is 0 Å². The summed E-state index contributed by atoms with van der Waals surface area (Å²) in [5.74, 6) is 0. The van der Waals surface area contributed by atoms with Gasteiger partial charge in [0, 0.05) is 30.8 Å². The van der Waals surface area contributed by atoms with E-state index in [1.807, 2.05) is 0 Å². The number of nitrogens with zero attached hydrogens (tertiary/aromatic N) is 1. The Kier molecular flexibility index (Phi) is 5.22. The van der Waals surface area contributed by atoms with Gasteiger partial charge in [-0.1, -0.05) is 6.92 Å². The van der Waals surface area contributed by atoms with Gasteiger partial charge in [-0.15, -0.1) is 0 Å². The van der Waals surface area contributed by atoms with Gasteiger partial charge in [0.2, 0.25) is 0 Å². The van der Waals surface area contributed by atoms with Gasteiger partial charge in [-0.05, 0) is 46.6 Å². The van der Waals surface area contributed by atoms with E-state index in [1.54, 1.807) is 0 Å². The zero-order valence-electron chi connectivity index (χ0n) is 11.3. The Morgan fingerprint density at radius 1 is 1.50 bits per heavy atom. The summed E-state index contributed by atoms with van der Waals surface area (Å²) in [5.41, 5.74) is 0.104. The lowest BCUT2D eigenvalue weighted by molar-refractivity contribution is 0.197. The van der Waals surface area contributed by atoms with Crippen molar-refractivity contribution in [2.45, 2.75) is 64.6 Å². The molecule has 1 fully saturated rings. The third kappa shape index (κ3) is 3.72. The minimum atomic E-state index is 0.104. The molecule has 2 atom stereocenters. The molecule has 0 aromatic carbocycles. The molecule has 3 nitrogen and oxygen atoms in total. The van der Waals surface area contributed by atoms with Gasteiger partial charge in [0.15, 0.2) is 0 Å². The summed E-state index contributed by atoms with van der Waals surface area (Å²) in [6, 6.07) is 1.25. The highest BCUT2D eigenvalue weighted by Gasteiger charge is 2.30. The largest absolute Gasteiger partial charge is 0.396 e. The van der Waals surface area contributed by atoms with Crippen molar-refractivity contribution in [2.75, 3.05) is 19.7 Å². The Hall–Kier alpha value is -0.120. The van der Waals surface area contributed by atoms with Crippen LogP contribution in [0.3, 0.4) is 0 Å². The lowest BCUT2D eigenvalue weighted by atomic mass is 9.93. The van der Waals surface area contributed by atoms with Crippen LogP contribution in [0.4, 0.5) is 0 Å². The second kappa shape index (κ2) is 5.99. The first kappa shape index (κ1) is 13.9. The summed E-state index contributed by atoms with van der Waals surface area (Å²) in [4.78, 5) is 2.52. The third-order valence-corrected chi connectivity index (χ3v) is 3.95. The number of aliphatic hydroxyl groups excluding tert-OH is 1. The van der Waals surface area contributed by atoms with E-state index in [0.29, 0.717) is 12.1 Å². The highest BCUT2D eigenvalue weighted by Crippen LogP contribution is 2.19. The molecule has 1 aliphatic rings. The fraction of sp³-hybridized carbons (Fsp3) is 1.00. The number of hydrogen-bond acceptors (Lipinski definition) is 3. The maximum Gasteiger partial charge on any atom is 0.0448 e. The van der Waals surface area contributed by atoms with Crippen molar-refractivity contribution in [3.63, 3.8) is 0 Å². The quantitative estimate of drug-likeness (QED) is 0.725. The Morgan fingerprint density at radius 2 is 2.19 bits per heavy atom. The van der Waals surface area contributed by atoms with Crippen LogP contribution in [0.1, 0.15) is 47.0 Å². The molecule has 16 heavy (non-hydrogen) atoms. The van der Waals surface area contributed by atoms with Gasteiger partial charge in [-0.2, -0.15) is 0 Å². The summed E-state index contributed by atoms with van der Waals surface area (Å²) in [6.07, 6.45) is 3.16. The predicted molar refractivity (Wildman–Crippen MR) is 68.6 cm³/mol. The van der Waals surface area contributed by atoms with Gasteiger partial charge in [0.25, 0.3) is 0 Å². The van der Waals surface area contributed by atoms with Crippen molar-refractivity contribution < 1.29 is 5.11 Å². The van der Waals surface area contributed by atoms with Crippen LogP contribution in [0.5, 0.6) is 0 Å². The van der Waals surface area contributed by atoms with Crippen LogP contribution in [-0.2, 0) is 0 Å². The molecule has 2 unspecified atom stereocenters. The molecule has 1 heterocycles. The first-order valence-corrected chi connectivity index (χ1v) is 6.63. The first-order chi connectivity index (χ1) is 7.50. The molecule has 0 spiro atoms. The number of nitrogens with one attached hydrogen (secondary N) is 1. The first-order valence-electron chi connectivity index (χ1n) is 6.63. The van der Waals surface area contributed by atoms with Gasteiger partial charge in [-0.25, -0.2) is 0 Å². The van der Waals surface area contributed by atoms with Gasteiger partial charge in [0.1, 0.15) is 0 Å². The molecule has 0 aromatic heterocycles. The molecule has 0 radical (unpaired) electrons. The molecule has 96 valence electrons. The Labute approximate surface area is 100 Å². The van der Waals surface area contributed by atoms with Crippen molar-refractivity contribution in [1.82, 2.24) is 10.2 Å². The van der Waals surface area contributed by atoms with E-state index in [9.17, 15) is 0 Å². The molecule has 0 aliphatic carbocycles. The van der Waals surface area contributed by atoms with E-state index in [0.717, 1.165) is 19.4 Å². The fourth-order valence-corrected chi connectivity index (χ4v) is 2.46. The van der Waals surface area contributed by atoms with E-state index in [1.165, 1.54) is 13.0 Å².